The van der Waals surface area contributed by atoms with Gasteiger partial charge < -0.3 is 9.73 Å². The number of azide groups is 1. The molecule has 15 heavy (non-hydrogen) atoms. The molecule has 1 aromatic rings. The molecule has 1 rings (SSSR count). The van der Waals surface area contributed by atoms with Crippen LogP contribution >= 0.6 is 0 Å². The summed E-state index contributed by atoms with van der Waals surface area (Å²) in [6.07, 6.45) is 1.07. The van der Waals surface area contributed by atoms with Crippen LogP contribution in [0.1, 0.15) is 10.4 Å². The van der Waals surface area contributed by atoms with Gasteiger partial charge in [0.25, 0.3) is 5.91 Å². The first-order valence-electron chi connectivity index (χ1n) is 4.12. The zero-order valence-corrected chi connectivity index (χ0v) is 7.71. The molecule has 0 fully saturated rings. The Bertz CT molecular complexity index is 427. The van der Waals surface area contributed by atoms with Crippen molar-refractivity contribution < 1.29 is 9.21 Å². The summed E-state index contributed by atoms with van der Waals surface area (Å²) in [5.41, 5.74) is 7.71. The van der Waals surface area contributed by atoms with Gasteiger partial charge in [0, 0.05) is 24.1 Å². The zero-order chi connectivity index (χ0) is 11.1. The second-order valence-corrected chi connectivity index (χ2v) is 2.55. The third-order valence-corrected chi connectivity index (χ3v) is 1.52. The maximum absolute atomic E-state index is 11.3. The summed E-state index contributed by atoms with van der Waals surface area (Å²) in [4.78, 5) is 24.4. The lowest BCUT2D eigenvalue weighted by Crippen LogP contribution is -2.26. The van der Waals surface area contributed by atoms with Crippen LogP contribution in [0.5, 0.6) is 0 Å². The topological polar surface area (TPSA) is 108 Å². The van der Waals surface area contributed by atoms with Gasteiger partial charge in [0.15, 0.2) is 0 Å². The highest BCUT2D eigenvalue weighted by Gasteiger charge is 2.04. The molecule has 0 spiro atoms. The van der Waals surface area contributed by atoms with Gasteiger partial charge in [-0.05, 0) is 11.6 Å². The SMILES string of the molecule is [N-]=[N+]=NCCNC(=O)c1ccc(=O)oc1. The highest BCUT2D eigenvalue weighted by Crippen LogP contribution is 1.94. The van der Waals surface area contributed by atoms with Crippen molar-refractivity contribution >= 4 is 5.91 Å². The van der Waals surface area contributed by atoms with Crippen molar-refractivity contribution in [2.75, 3.05) is 13.1 Å². The molecule has 1 aromatic heterocycles. The van der Waals surface area contributed by atoms with Crippen molar-refractivity contribution in [3.63, 3.8) is 0 Å². The molecule has 0 aromatic carbocycles. The van der Waals surface area contributed by atoms with Crippen LogP contribution in [-0.2, 0) is 0 Å². The summed E-state index contributed by atoms with van der Waals surface area (Å²) in [6, 6.07) is 2.51. The number of carbonyl (C=O) groups excluding carboxylic acids is 1. The standard InChI is InChI=1S/C8H8N4O3/c9-12-11-4-3-10-8(14)6-1-2-7(13)15-5-6/h1-2,5H,3-4H2,(H,10,14). The summed E-state index contributed by atoms with van der Waals surface area (Å²) in [7, 11) is 0. The Hall–Kier alpha value is -2.27. The molecule has 1 heterocycles. The smallest absolute Gasteiger partial charge is 0.335 e. The molecule has 1 N–H and O–H groups in total. The molecule has 0 unspecified atom stereocenters. The van der Waals surface area contributed by atoms with Crippen LogP contribution in [0.3, 0.4) is 0 Å². The van der Waals surface area contributed by atoms with Gasteiger partial charge in [0.1, 0.15) is 6.26 Å². The highest BCUT2D eigenvalue weighted by molar-refractivity contribution is 5.93. The number of nitrogens with zero attached hydrogens (tertiary/aromatic N) is 3. The number of amides is 1. The number of hydrogen-bond acceptors (Lipinski definition) is 4. The normalized spacial score (nSPS) is 9.07. The second kappa shape index (κ2) is 5.46. The van der Waals surface area contributed by atoms with Gasteiger partial charge >= 0.3 is 5.63 Å². The van der Waals surface area contributed by atoms with Gasteiger partial charge in [0.2, 0.25) is 0 Å². The fourth-order valence-electron chi connectivity index (χ4n) is 0.853. The largest absolute Gasteiger partial charge is 0.430 e. The Morgan fingerprint density at radius 3 is 3.00 bits per heavy atom. The average Bonchev–Trinajstić information content (AvgIpc) is 2.25. The fourth-order valence-corrected chi connectivity index (χ4v) is 0.853. The van der Waals surface area contributed by atoms with E-state index in [1.165, 1.54) is 6.07 Å². The van der Waals surface area contributed by atoms with Crippen molar-refractivity contribution in [2.45, 2.75) is 0 Å². The Labute approximate surface area is 84.3 Å². The van der Waals surface area contributed by atoms with E-state index in [-0.39, 0.29) is 24.6 Å². The third-order valence-electron chi connectivity index (χ3n) is 1.52. The number of carbonyl (C=O) groups is 1. The molecular formula is C8H8N4O3. The molecule has 78 valence electrons. The van der Waals surface area contributed by atoms with Crippen LogP contribution in [-0.4, -0.2) is 19.0 Å². The van der Waals surface area contributed by atoms with E-state index in [9.17, 15) is 9.59 Å². The van der Waals surface area contributed by atoms with E-state index in [1.807, 2.05) is 0 Å². The quantitative estimate of drug-likeness (QED) is 0.340. The van der Waals surface area contributed by atoms with Crippen molar-refractivity contribution in [1.82, 2.24) is 5.32 Å². The van der Waals surface area contributed by atoms with E-state index in [1.54, 1.807) is 0 Å². The van der Waals surface area contributed by atoms with Gasteiger partial charge in [-0.2, -0.15) is 0 Å². The van der Waals surface area contributed by atoms with Crippen LogP contribution in [0.2, 0.25) is 0 Å². The summed E-state index contributed by atoms with van der Waals surface area (Å²) < 4.78 is 4.51. The van der Waals surface area contributed by atoms with E-state index in [0.29, 0.717) is 0 Å². The molecule has 0 atom stereocenters. The average molecular weight is 208 g/mol. The van der Waals surface area contributed by atoms with Gasteiger partial charge in [-0.3, -0.25) is 4.79 Å². The summed E-state index contributed by atoms with van der Waals surface area (Å²) in [5, 5.41) is 5.73. The molecule has 7 heteroatoms. The Morgan fingerprint density at radius 1 is 1.60 bits per heavy atom. The second-order valence-electron chi connectivity index (χ2n) is 2.55. The zero-order valence-electron chi connectivity index (χ0n) is 7.71. The molecule has 0 aliphatic heterocycles. The van der Waals surface area contributed by atoms with Gasteiger partial charge in [0.05, 0.1) is 5.56 Å². The maximum atomic E-state index is 11.3. The number of hydrogen-bond donors (Lipinski definition) is 1. The van der Waals surface area contributed by atoms with E-state index >= 15 is 0 Å². The first-order valence-corrected chi connectivity index (χ1v) is 4.12. The monoisotopic (exact) mass is 208 g/mol. The molecular weight excluding hydrogens is 200 g/mol. The van der Waals surface area contributed by atoms with Crippen LogP contribution in [0.4, 0.5) is 0 Å². The molecule has 0 aliphatic rings. The molecule has 0 bridgehead atoms. The lowest BCUT2D eigenvalue weighted by Gasteiger charge is -2.00. The van der Waals surface area contributed by atoms with Crippen LogP contribution in [0.15, 0.2) is 32.7 Å². The molecule has 0 radical (unpaired) electrons. The predicted molar refractivity (Wildman–Crippen MR) is 51.3 cm³/mol. The van der Waals surface area contributed by atoms with E-state index in [2.05, 4.69) is 19.8 Å². The summed E-state index contributed by atoms with van der Waals surface area (Å²) in [5.74, 6) is -0.383. The minimum atomic E-state index is -0.513. The lowest BCUT2D eigenvalue weighted by molar-refractivity contribution is 0.0952. The van der Waals surface area contributed by atoms with Crippen LogP contribution in [0, 0.1) is 0 Å². The van der Waals surface area contributed by atoms with Crippen molar-refractivity contribution in [1.29, 1.82) is 0 Å². The highest BCUT2D eigenvalue weighted by atomic mass is 16.4. The minimum absolute atomic E-state index is 0.180. The van der Waals surface area contributed by atoms with Crippen molar-refractivity contribution in [2.24, 2.45) is 5.11 Å². The maximum Gasteiger partial charge on any atom is 0.335 e. The van der Waals surface area contributed by atoms with E-state index in [0.717, 1.165) is 12.3 Å². The first kappa shape index (κ1) is 10.8. The van der Waals surface area contributed by atoms with Crippen molar-refractivity contribution in [3.05, 3.63) is 44.8 Å². The van der Waals surface area contributed by atoms with E-state index in [4.69, 9.17) is 5.53 Å². The third kappa shape index (κ3) is 3.53. The summed E-state index contributed by atoms with van der Waals surface area (Å²) >= 11 is 0. The van der Waals surface area contributed by atoms with Crippen molar-refractivity contribution in [3.8, 4) is 0 Å². The first-order chi connectivity index (χ1) is 7.24. The molecule has 0 saturated carbocycles. The van der Waals surface area contributed by atoms with E-state index < -0.39 is 5.63 Å². The number of rotatable bonds is 4. The van der Waals surface area contributed by atoms with Gasteiger partial charge in [-0.25, -0.2) is 4.79 Å². The van der Waals surface area contributed by atoms with Crippen LogP contribution < -0.4 is 10.9 Å². The van der Waals surface area contributed by atoms with Gasteiger partial charge in [-0.15, -0.1) is 0 Å². The predicted octanol–water partition coefficient (Wildman–Crippen LogP) is 0.680. The molecule has 0 aliphatic carbocycles. The molecule has 7 nitrogen and oxygen atoms in total. The fraction of sp³-hybridized carbons (Fsp3) is 0.250. The summed E-state index contributed by atoms with van der Waals surface area (Å²) in [6.45, 7) is 0.418. The Kier molecular flexibility index (Phi) is 3.93. The van der Waals surface area contributed by atoms with Gasteiger partial charge in [-0.1, -0.05) is 5.11 Å². The Morgan fingerprint density at radius 2 is 2.40 bits per heavy atom. The number of nitrogens with one attached hydrogen (secondary N) is 1. The molecule has 1 amide bonds. The Balaban J connectivity index is 2.50. The lowest BCUT2D eigenvalue weighted by atomic mass is 10.3. The van der Waals surface area contributed by atoms with Crippen LogP contribution in [0.25, 0.3) is 10.4 Å². The molecule has 0 saturated heterocycles. The minimum Gasteiger partial charge on any atom is -0.430 e.